The minimum absolute atomic E-state index is 0. The van der Waals surface area contributed by atoms with Gasteiger partial charge in [0.05, 0.1) is 27.4 Å². The van der Waals surface area contributed by atoms with Crippen LogP contribution in [-0.4, -0.2) is 39.9 Å². The number of hydrogen-bond acceptors (Lipinski definition) is 4. The van der Waals surface area contributed by atoms with Crippen molar-refractivity contribution in [1.29, 1.82) is 0 Å². The molecular formula is C14H24IN3O3. The fourth-order valence-corrected chi connectivity index (χ4v) is 1.61. The summed E-state index contributed by atoms with van der Waals surface area (Å²) < 4.78 is 15.6. The lowest BCUT2D eigenvalue weighted by atomic mass is 10.2. The van der Waals surface area contributed by atoms with Crippen LogP contribution in [0.1, 0.15) is 12.5 Å². The molecule has 1 rings (SSSR count). The van der Waals surface area contributed by atoms with E-state index in [0.29, 0.717) is 43.8 Å². The third-order valence-electron chi connectivity index (χ3n) is 2.64. The van der Waals surface area contributed by atoms with Crippen LogP contribution in [0.3, 0.4) is 0 Å². The summed E-state index contributed by atoms with van der Waals surface area (Å²) in [6.07, 6.45) is 0. The first-order chi connectivity index (χ1) is 9.71. The van der Waals surface area contributed by atoms with Crippen LogP contribution in [-0.2, 0) is 11.3 Å². The minimum atomic E-state index is 0. The van der Waals surface area contributed by atoms with E-state index in [1.165, 1.54) is 0 Å². The van der Waals surface area contributed by atoms with Gasteiger partial charge in [-0.15, -0.1) is 24.0 Å². The number of benzene rings is 1. The molecule has 6 nitrogen and oxygen atoms in total. The van der Waals surface area contributed by atoms with E-state index in [9.17, 15) is 0 Å². The number of methoxy groups -OCH3 is 2. The molecule has 0 spiro atoms. The zero-order valence-corrected chi connectivity index (χ0v) is 15.0. The van der Waals surface area contributed by atoms with Crippen molar-refractivity contribution >= 4 is 29.9 Å². The molecule has 7 heteroatoms. The lowest BCUT2D eigenvalue weighted by molar-refractivity contribution is 0.152. The van der Waals surface area contributed by atoms with Crippen LogP contribution < -0.4 is 20.5 Å². The Morgan fingerprint density at radius 2 is 1.95 bits per heavy atom. The number of nitrogens with zero attached hydrogens (tertiary/aromatic N) is 1. The largest absolute Gasteiger partial charge is 0.493 e. The first kappa shape index (κ1) is 19.8. The number of rotatable bonds is 8. The molecule has 1 aromatic rings. The summed E-state index contributed by atoms with van der Waals surface area (Å²) in [6, 6.07) is 5.66. The SMILES string of the molecule is CCOCCNC(N)=NCc1ccc(OC)c(OC)c1.I. The summed E-state index contributed by atoms with van der Waals surface area (Å²) in [5, 5.41) is 2.99. The second-order valence-corrected chi connectivity index (χ2v) is 4.01. The number of nitrogens with one attached hydrogen (secondary N) is 1. The summed E-state index contributed by atoms with van der Waals surface area (Å²) in [5.74, 6) is 1.78. The smallest absolute Gasteiger partial charge is 0.188 e. The van der Waals surface area contributed by atoms with Gasteiger partial charge in [0.1, 0.15) is 0 Å². The highest BCUT2D eigenvalue weighted by atomic mass is 127. The van der Waals surface area contributed by atoms with Crippen molar-refractivity contribution in [2.24, 2.45) is 10.7 Å². The molecule has 0 aliphatic rings. The van der Waals surface area contributed by atoms with Gasteiger partial charge in [0.25, 0.3) is 0 Å². The average Bonchev–Trinajstić information content (AvgIpc) is 2.49. The van der Waals surface area contributed by atoms with Crippen LogP contribution >= 0.6 is 24.0 Å². The standard InChI is InChI=1S/C14H23N3O3.HI/c1-4-20-8-7-16-14(15)17-10-11-5-6-12(18-2)13(9-11)19-3;/h5-6,9H,4,7-8,10H2,1-3H3,(H3,15,16,17);1H. The van der Waals surface area contributed by atoms with Gasteiger partial charge in [0, 0.05) is 13.2 Å². The zero-order chi connectivity index (χ0) is 14.8. The van der Waals surface area contributed by atoms with E-state index in [-0.39, 0.29) is 24.0 Å². The Bertz CT molecular complexity index is 441. The molecule has 0 fully saturated rings. The molecule has 0 saturated carbocycles. The number of ether oxygens (including phenoxy) is 3. The molecule has 0 atom stereocenters. The summed E-state index contributed by atoms with van der Waals surface area (Å²) in [5.41, 5.74) is 6.76. The maximum absolute atomic E-state index is 5.76. The second-order valence-electron chi connectivity index (χ2n) is 4.01. The van der Waals surface area contributed by atoms with Gasteiger partial charge in [-0.3, -0.25) is 0 Å². The van der Waals surface area contributed by atoms with Crippen molar-refractivity contribution in [3.05, 3.63) is 23.8 Å². The Kier molecular flexibility index (Phi) is 10.8. The summed E-state index contributed by atoms with van der Waals surface area (Å²) in [7, 11) is 3.21. The normalized spacial score (nSPS) is 10.7. The monoisotopic (exact) mass is 409 g/mol. The number of aliphatic imine (C=N–C) groups is 1. The van der Waals surface area contributed by atoms with Gasteiger partial charge in [-0.2, -0.15) is 0 Å². The summed E-state index contributed by atoms with van der Waals surface area (Å²) in [6.45, 7) is 4.39. The molecule has 0 aliphatic carbocycles. The second kappa shape index (κ2) is 11.4. The molecule has 0 amide bonds. The van der Waals surface area contributed by atoms with Gasteiger partial charge in [-0.05, 0) is 24.6 Å². The van der Waals surface area contributed by atoms with E-state index in [0.717, 1.165) is 5.56 Å². The number of nitrogens with two attached hydrogens (primary N) is 1. The van der Waals surface area contributed by atoms with Crippen LogP contribution in [0, 0.1) is 0 Å². The number of guanidine groups is 1. The Balaban J connectivity index is 0.00000400. The lowest BCUT2D eigenvalue weighted by Crippen LogP contribution is -2.34. The van der Waals surface area contributed by atoms with Crippen molar-refractivity contribution in [3.63, 3.8) is 0 Å². The summed E-state index contributed by atoms with van der Waals surface area (Å²) in [4.78, 5) is 4.25. The van der Waals surface area contributed by atoms with Crippen molar-refractivity contribution in [3.8, 4) is 11.5 Å². The van der Waals surface area contributed by atoms with Crippen molar-refractivity contribution < 1.29 is 14.2 Å². The number of hydrogen-bond donors (Lipinski definition) is 2. The molecule has 0 radical (unpaired) electrons. The van der Waals surface area contributed by atoms with E-state index in [1.807, 2.05) is 25.1 Å². The molecule has 120 valence electrons. The van der Waals surface area contributed by atoms with Crippen LogP contribution in [0.25, 0.3) is 0 Å². The van der Waals surface area contributed by atoms with Crippen LogP contribution in [0.2, 0.25) is 0 Å². The van der Waals surface area contributed by atoms with E-state index in [1.54, 1.807) is 14.2 Å². The highest BCUT2D eigenvalue weighted by Crippen LogP contribution is 2.27. The highest BCUT2D eigenvalue weighted by molar-refractivity contribution is 14.0. The Morgan fingerprint density at radius 1 is 1.24 bits per heavy atom. The van der Waals surface area contributed by atoms with Gasteiger partial charge in [-0.1, -0.05) is 6.07 Å². The maximum atomic E-state index is 5.76. The fraction of sp³-hybridized carbons (Fsp3) is 0.500. The quantitative estimate of drug-likeness (QED) is 0.296. The van der Waals surface area contributed by atoms with Gasteiger partial charge in [0.2, 0.25) is 0 Å². The third kappa shape index (κ3) is 7.37. The number of halogens is 1. The van der Waals surface area contributed by atoms with Crippen molar-refractivity contribution in [2.45, 2.75) is 13.5 Å². The van der Waals surface area contributed by atoms with Gasteiger partial charge in [-0.25, -0.2) is 4.99 Å². The van der Waals surface area contributed by atoms with Crippen LogP contribution in [0.5, 0.6) is 11.5 Å². The van der Waals surface area contributed by atoms with Crippen LogP contribution in [0.4, 0.5) is 0 Å². The van der Waals surface area contributed by atoms with Crippen molar-refractivity contribution in [2.75, 3.05) is 34.0 Å². The first-order valence-electron chi connectivity index (χ1n) is 6.53. The molecule has 21 heavy (non-hydrogen) atoms. The van der Waals surface area contributed by atoms with E-state index in [2.05, 4.69) is 10.3 Å². The first-order valence-corrected chi connectivity index (χ1v) is 6.53. The molecule has 0 aromatic heterocycles. The summed E-state index contributed by atoms with van der Waals surface area (Å²) >= 11 is 0. The lowest BCUT2D eigenvalue weighted by Gasteiger charge is -2.09. The minimum Gasteiger partial charge on any atom is -0.493 e. The van der Waals surface area contributed by atoms with E-state index >= 15 is 0 Å². The zero-order valence-electron chi connectivity index (χ0n) is 12.7. The average molecular weight is 409 g/mol. The molecule has 1 aromatic carbocycles. The molecular weight excluding hydrogens is 385 g/mol. The molecule has 0 aliphatic heterocycles. The topological polar surface area (TPSA) is 78.1 Å². The predicted octanol–water partition coefficient (Wildman–Crippen LogP) is 1.76. The highest BCUT2D eigenvalue weighted by Gasteiger charge is 2.04. The maximum Gasteiger partial charge on any atom is 0.188 e. The van der Waals surface area contributed by atoms with E-state index < -0.39 is 0 Å². The molecule has 3 N–H and O–H groups in total. The Labute approximate surface area is 143 Å². The van der Waals surface area contributed by atoms with Crippen molar-refractivity contribution in [1.82, 2.24) is 5.32 Å². The van der Waals surface area contributed by atoms with Gasteiger partial charge in [0.15, 0.2) is 17.5 Å². The Hall–Kier alpha value is -1.22. The van der Waals surface area contributed by atoms with Gasteiger partial charge < -0.3 is 25.3 Å². The predicted molar refractivity (Wildman–Crippen MR) is 94.8 cm³/mol. The molecule has 0 heterocycles. The van der Waals surface area contributed by atoms with E-state index in [4.69, 9.17) is 19.9 Å². The Morgan fingerprint density at radius 3 is 2.57 bits per heavy atom. The molecule has 0 saturated heterocycles. The molecule has 0 bridgehead atoms. The molecule has 0 unspecified atom stereocenters. The van der Waals surface area contributed by atoms with Gasteiger partial charge >= 0.3 is 0 Å². The fourth-order valence-electron chi connectivity index (χ4n) is 1.61. The van der Waals surface area contributed by atoms with Crippen LogP contribution in [0.15, 0.2) is 23.2 Å². The third-order valence-corrected chi connectivity index (χ3v) is 2.64.